The largest absolute Gasteiger partial charge is 0.378 e. The van der Waals surface area contributed by atoms with Crippen LogP contribution in [0.1, 0.15) is 17.3 Å². The lowest BCUT2D eigenvalue weighted by Crippen LogP contribution is -2.36. The Morgan fingerprint density at radius 1 is 1.06 bits per heavy atom. The first-order valence-corrected chi connectivity index (χ1v) is 11.7. The molecule has 1 saturated heterocycles. The number of morpholine rings is 1. The molecular weight excluding hydrogens is 462 g/mol. The van der Waals surface area contributed by atoms with Crippen molar-refractivity contribution in [2.24, 2.45) is 5.92 Å². The summed E-state index contributed by atoms with van der Waals surface area (Å²) in [5, 5.41) is 6.81. The standard InChI is InChI=1S/C24H24F2N4O3S/c1-15(14-27-22(32)17-4-8-19(26)9-5-17)21(31)29-24-28-20(16-2-6-18(25)7-3-16)23(34-24)30-10-12-33-13-11-30/h2-9,15H,10-14H2,1H3,(H,27,32)(H,28,29,31). The summed E-state index contributed by atoms with van der Waals surface area (Å²) in [5.74, 6) is -1.98. The summed E-state index contributed by atoms with van der Waals surface area (Å²) >= 11 is 1.34. The SMILES string of the molecule is CC(CNC(=O)c1ccc(F)cc1)C(=O)Nc1nc(-c2ccc(F)cc2)c(N2CCOCC2)s1. The molecule has 0 aliphatic carbocycles. The van der Waals surface area contributed by atoms with Gasteiger partial charge in [-0.1, -0.05) is 18.3 Å². The smallest absolute Gasteiger partial charge is 0.251 e. The van der Waals surface area contributed by atoms with Gasteiger partial charge in [0.05, 0.1) is 19.1 Å². The number of carbonyl (C=O) groups excluding carboxylic acids is 2. The molecule has 34 heavy (non-hydrogen) atoms. The minimum atomic E-state index is -0.533. The van der Waals surface area contributed by atoms with Crippen molar-refractivity contribution < 1.29 is 23.1 Å². The molecule has 2 aromatic carbocycles. The van der Waals surface area contributed by atoms with Crippen molar-refractivity contribution in [2.75, 3.05) is 43.1 Å². The average Bonchev–Trinajstić information content (AvgIpc) is 3.27. The van der Waals surface area contributed by atoms with Crippen LogP contribution < -0.4 is 15.5 Å². The van der Waals surface area contributed by atoms with E-state index < -0.39 is 11.7 Å². The van der Waals surface area contributed by atoms with E-state index in [0.29, 0.717) is 42.7 Å². The topological polar surface area (TPSA) is 83.6 Å². The maximum atomic E-state index is 13.4. The molecule has 1 atom stereocenters. The van der Waals surface area contributed by atoms with Gasteiger partial charge in [-0.15, -0.1) is 0 Å². The normalized spacial score (nSPS) is 14.5. The summed E-state index contributed by atoms with van der Waals surface area (Å²) < 4.78 is 31.9. The number of hydrogen-bond donors (Lipinski definition) is 2. The van der Waals surface area contributed by atoms with E-state index in [0.717, 1.165) is 10.6 Å². The average molecular weight is 487 g/mol. The second kappa shape index (κ2) is 10.7. The van der Waals surface area contributed by atoms with Gasteiger partial charge < -0.3 is 20.3 Å². The Morgan fingerprint density at radius 2 is 1.68 bits per heavy atom. The highest BCUT2D eigenvalue weighted by molar-refractivity contribution is 7.20. The first-order chi connectivity index (χ1) is 16.4. The van der Waals surface area contributed by atoms with E-state index in [1.54, 1.807) is 19.1 Å². The van der Waals surface area contributed by atoms with Gasteiger partial charge in [0.2, 0.25) is 5.91 Å². The first kappa shape index (κ1) is 23.8. The molecule has 7 nitrogen and oxygen atoms in total. The van der Waals surface area contributed by atoms with Gasteiger partial charge in [-0.25, -0.2) is 13.8 Å². The molecule has 0 saturated carbocycles. The van der Waals surface area contributed by atoms with Crippen molar-refractivity contribution in [3.05, 3.63) is 65.7 Å². The summed E-state index contributed by atoms with van der Waals surface area (Å²) in [4.78, 5) is 31.7. The maximum Gasteiger partial charge on any atom is 0.251 e. The van der Waals surface area contributed by atoms with Gasteiger partial charge in [0, 0.05) is 30.8 Å². The Balaban J connectivity index is 1.44. The van der Waals surface area contributed by atoms with E-state index in [9.17, 15) is 18.4 Å². The van der Waals surface area contributed by atoms with Crippen molar-refractivity contribution in [3.8, 4) is 11.3 Å². The van der Waals surface area contributed by atoms with Crippen LogP contribution in [0.3, 0.4) is 0 Å². The molecule has 178 valence electrons. The van der Waals surface area contributed by atoms with E-state index in [2.05, 4.69) is 20.5 Å². The third-order valence-corrected chi connectivity index (χ3v) is 6.41. The maximum absolute atomic E-state index is 13.4. The molecule has 1 aliphatic rings. The molecule has 1 fully saturated rings. The number of ether oxygens (including phenoxy) is 1. The second-order valence-corrected chi connectivity index (χ2v) is 8.86. The molecule has 4 rings (SSSR count). The number of aromatic nitrogens is 1. The molecular formula is C24H24F2N4O3S. The van der Waals surface area contributed by atoms with Crippen LogP contribution in [0.5, 0.6) is 0 Å². The van der Waals surface area contributed by atoms with Gasteiger partial charge in [0.15, 0.2) is 5.13 Å². The fourth-order valence-electron chi connectivity index (χ4n) is 3.41. The van der Waals surface area contributed by atoms with Gasteiger partial charge in [0.1, 0.15) is 22.3 Å². The first-order valence-electron chi connectivity index (χ1n) is 10.8. The number of nitrogens with one attached hydrogen (secondary N) is 2. The zero-order chi connectivity index (χ0) is 24.1. The van der Waals surface area contributed by atoms with Crippen molar-refractivity contribution in [2.45, 2.75) is 6.92 Å². The molecule has 3 aromatic rings. The van der Waals surface area contributed by atoms with E-state index in [4.69, 9.17) is 4.74 Å². The van der Waals surface area contributed by atoms with Crippen LogP contribution in [-0.4, -0.2) is 49.6 Å². The number of carbonyl (C=O) groups is 2. The van der Waals surface area contributed by atoms with E-state index >= 15 is 0 Å². The Bertz CT molecular complexity index is 1150. The molecule has 1 unspecified atom stereocenters. The summed E-state index contributed by atoms with van der Waals surface area (Å²) in [7, 11) is 0. The lowest BCUT2D eigenvalue weighted by molar-refractivity contribution is -0.119. The van der Waals surface area contributed by atoms with Crippen LogP contribution in [0.4, 0.5) is 18.9 Å². The van der Waals surface area contributed by atoms with Crippen LogP contribution in [0.15, 0.2) is 48.5 Å². The Labute approximate surface area is 199 Å². The predicted molar refractivity (Wildman–Crippen MR) is 127 cm³/mol. The molecule has 1 aromatic heterocycles. The number of nitrogens with zero attached hydrogens (tertiary/aromatic N) is 2. The van der Waals surface area contributed by atoms with Crippen LogP contribution >= 0.6 is 11.3 Å². The van der Waals surface area contributed by atoms with Crippen molar-refractivity contribution in [3.63, 3.8) is 0 Å². The number of thiazole rings is 1. The highest BCUT2D eigenvalue weighted by Gasteiger charge is 2.23. The highest BCUT2D eigenvalue weighted by Crippen LogP contribution is 2.39. The monoisotopic (exact) mass is 486 g/mol. The number of halogens is 2. The van der Waals surface area contributed by atoms with E-state index in [-0.39, 0.29) is 24.2 Å². The zero-order valence-corrected chi connectivity index (χ0v) is 19.3. The molecule has 0 radical (unpaired) electrons. The number of hydrogen-bond acceptors (Lipinski definition) is 6. The van der Waals surface area contributed by atoms with E-state index in [1.165, 1.54) is 47.7 Å². The molecule has 0 spiro atoms. The molecule has 2 heterocycles. The summed E-state index contributed by atoms with van der Waals surface area (Å²) in [5.41, 5.74) is 1.73. The molecule has 1 aliphatic heterocycles. The highest BCUT2D eigenvalue weighted by atomic mass is 32.1. The summed E-state index contributed by atoms with van der Waals surface area (Å²) in [6.07, 6.45) is 0. The van der Waals surface area contributed by atoms with Crippen LogP contribution in [0, 0.1) is 17.6 Å². The zero-order valence-electron chi connectivity index (χ0n) is 18.5. The van der Waals surface area contributed by atoms with Crippen LogP contribution in [0.2, 0.25) is 0 Å². The van der Waals surface area contributed by atoms with Gasteiger partial charge in [0.25, 0.3) is 5.91 Å². The third-order valence-electron chi connectivity index (χ3n) is 5.38. The van der Waals surface area contributed by atoms with Gasteiger partial charge in [-0.05, 0) is 48.5 Å². The van der Waals surface area contributed by atoms with Gasteiger partial charge in [-0.2, -0.15) is 0 Å². The van der Waals surface area contributed by atoms with Crippen molar-refractivity contribution in [1.29, 1.82) is 0 Å². The quantitative estimate of drug-likeness (QED) is 0.529. The molecule has 2 N–H and O–H groups in total. The Hall–Kier alpha value is -3.37. The van der Waals surface area contributed by atoms with Gasteiger partial charge >= 0.3 is 0 Å². The van der Waals surface area contributed by atoms with E-state index in [1.807, 2.05) is 0 Å². The predicted octanol–water partition coefficient (Wildman–Crippen LogP) is 3.93. The van der Waals surface area contributed by atoms with Crippen molar-refractivity contribution in [1.82, 2.24) is 10.3 Å². The van der Waals surface area contributed by atoms with Crippen LogP contribution in [-0.2, 0) is 9.53 Å². The number of rotatable bonds is 7. The minimum Gasteiger partial charge on any atom is -0.378 e. The fourth-order valence-corrected chi connectivity index (χ4v) is 4.46. The van der Waals surface area contributed by atoms with Gasteiger partial charge in [-0.3, -0.25) is 9.59 Å². The fraction of sp³-hybridized carbons (Fsp3) is 0.292. The molecule has 2 amide bonds. The number of benzene rings is 2. The Kier molecular flexibility index (Phi) is 7.49. The molecule has 0 bridgehead atoms. The lowest BCUT2D eigenvalue weighted by atomic mass is 10.1. The minimum absolute atomic E-state index is 0.106. The Morgan fingerprint density at radius 3 is 2.32 bits per heavy atom. The number of amides is 2. The summed E-state index contributed by atoms with van der Waals surface area (Å²) in [6, 6.07) is 11.3. The number of anilines is 2. The second-order valence-electron chi connectivity index (χ2n) is 7.89. The third kappa shape index (κ3) is 5.75. The molecule has 10 heteroatoms. The summed E-state index contributed by atoms with van der Waals surface area (Å²) in [6.45, 7) is 4.36. The van der Waals surface area contributed by atoms with Crippen LogP contribution in [0.25, 0.3) is 11.3 Å². The van der Waals surface area contributed by atoms with Crippen molar-refractivity contribution >= 4 is 33.3 Å². The lowest BCUT2D eigenvalue weighted by Gasteiger charge is -2.28.